The van der Waals surface area contributed by atoms with Crippen LogP contribution in [-0.2, 0) is 21.8 Å². The Hall–Kier alpha value is -1.86. The Labute approximate surface area is 137 Å². The summed E-state index contributed by atoms with van der Waals surface area (Å²) >= 11 is 5.77. The Morgan fingerprint density at radius 2 is 1.83 bits per heavy atom. The van der Waals surface area contributed by atoms with Gasteiger partial charge in [-0.25, -0.2) is 0 Å². The first-order valence-electron chi connectivity index (χ1n) is 6.37. The summed E-state index contributed by atoms with van der Waals surface area (Å²) in [6.07, 6.45) is -4.50. The third kappa shape index (κ3) is 5.07. The maximum Gasteiger partial charge on any atom is 0.416 e. The lowest BCUT2D eigenvalue weighted by Crippen LogP contribution is -2.20. The van der Waals surface area contributed by atoms with Crippen LogP contribution in [0.15, 0.2) is 53.4 Å². The second-order valence-corrected chi connectivity index (χ2v) is 6.46. The van der Waals surface area contributed by atoms with E-state index in [-0.39, 0.29) is 11.4 Å². The molecule has 0 radical (unpaired) electrons. The molecule has 23 heavy (non-hydrogen) atoms. The first-order chi connectivity index (χ1) is 10.8. The highest BCUT2D eigenvalue weighted by Crippen LogP contribution is 2.30. The van der Waals surface area contributed by atoms with Crippen molar-refractivity contribution in [3.63, 3.8) is 0 Å². The highest BCUT2D eigenvalue weighted by atomic mass is 35.5. The average Bonchev–Trinajstić information content (AvgIpc) is 2.46. The largest absolute Gasteiger partial charge is 0.416 e. The zero-order valence-electron chi connectivity index (χ0n) is 11.6. The van der Waals surface area contributed by atoms with E-state index in [1.807, 2.05) is 0 Å². The lowest BCUT2D eigenvalue weighted by Gasteiger charge is -2.10. The second-order valence-electron chi connectivity index (χ2n) is 4.57. The van der Waals surface area contributed by atoms with Gasteiger partial charge < -0.3 is 5.32 Å². The Balaban J connectivity index is 2.04. The van der Waals surface area contributed by atoms with Gasteiger partial charge in [0.1, 0.15) is 5.75 Å². The van der Waals surface area contributed by atoms with Gasteiger partial charge in [0.25, 0.3) is 0 Å². The lowest BCUT2D eigenvalue weighted by molar-refractivity contribution is -0.137. The van der Waals surface area contributed by atoms with Crippen LogP contribution in [0.3, 0.4) is 0 Å². The van der Waals surface area contributed by atoms with Crippen molar-refractivity contribution in [1.82, 2.24) is 0 Å². The molecule has 0 aliphatic carbocycles. The number of hydrogen-bond acceptors (Lipinski definition) is 2. The zero-order chi connectivity index (χ0) is 17.0. The average molecular weight is 362 g/mol. The quantitative estimate of drug-likeness (QED) is 0.891. The molecular weight excluding hydrogens is 351 g/mol. The summed E-state index contributed by atoms with van der Waals surface area (Å²) in [5, 5.41) is 2.69. The number of carbonyl (C=O) groups is 1. The van der Waals surface area contributed by atoms with E-state index in [9.17, 15) is 22.2 Å². The molecule has 1 N–H and O–H groups in total. The molecule has 0 aliphatic heterocycles. The molecule has 2 aromatic carbocycles. The normalized spacial score (nSPS) is 12.7. The number of benzene rings is 2. The number of nitrogens with one attached hydrogen (secondary N) is 1. The van der Waals surface area contributed by atoms with Crippen molar-refractivity contribution >= 4 is 34.0 Å². The maximum atomic E-state index is 12.6. The molecule has 0 heterocycles. The van der Waals surface area contributed by atoms with Crippen LogP contribution in [0, 0.1) is 0 Å². The molecule has 1 atom stereocenters. The van der Waals surface area contributed by atoms with Crippen molar-refractivity contribution in [1.29, 1.82) is 0 Å². The van der Waals surface area contributed by atoms with Gasteiger partial charge in [-0.2, -0.15) is 13.2 Å². The van der Waals surface area contributed by atoms with Gasteiger partial charge in [-0.15, -0.1) is 0 Å². The van der Waals surface area contributed by atoms with Crippen LogP contribution >= 0.6 is 11.6 Å². The van der Waals surface area contributed by atoms with Gasteiger partial charge in [0.2, 0.25) is 5.91 Å². The predicted octanol–water partition coefficient (Wildman–Crippen LogP) is 4.11. The van der Waals surface area contributed by atoms with Gasteiger partial charge in [-0.1, -0.05) is 23.7 Å². The Morgan fingerprint density at radius 1 is 1.13 bits per heavy atom. The van der Waals surface area contributed by atoms with Crippen LogP contribution in [0.1, 0.15) is 5.56 Å². The Morgan fingerprint density at radius 3 is 2.48 bits per heavy atom. The third-order valence-corrected chi connectivity index (χ3v) is 4.33. The van der Waals surface area contributed by atoms with Crippen LogP contribution in [0.4, 0.5) is 18.9 Å². The van der Waals surface area contributed by atoms with Crippen molar-refractivity contribution < 1.29 is 22.2 Å². The summed E-state index contributed by atoms with van der Waals surface area (Å²) in [6.45, 7) is 0. The number of hydrogen-bond donors (Lipinski definition) is 1. The highest BCUT2D eigenvalue weighted by molar-refractivity contribution is 7.85. The second kappa shape index (κ2) is 7.14. The number of halogens is 4. The summed E-state index contributed by atoms with van der Waals surface area (Å²) in [7, 11) is -1.64. The number of rotatable bonds is 4. The van der Waals surface area contributed by atoms with Crippen LogP contribution in [0.25, 0.3) is 0 Å². The standard InChI is InChI=1S/C15H11ClF3NO2S/c16-11-4-2-6-13(8-11)23(22)9-14(21)20-12-5-1-3-10(7-12)15(17,18)19/h1-8H,9H2,(H,20,21)/t23-/m1/s1. The maximum absolute atomic E-state index is 12.6. The minimum absolute atomic E-state index is 0.00656. The van der Waals surface area contributed by atoms with Gasteiger partial charge in [-0.05, 0) is 36.4 Å². The molecular formula is C15H11ClF3NO2S. The van der Waals surface area contributed by atoms with E-state index < -0.39 is 28.4 Å². The van der Waals surface area contributed by atoms with Gasteiger partial charge in [-0.3, -0.25) is 9.00 Å². The molecule has 0 bridgehead atoms. The molecule has 2 rings (SSSR count). The third-order valence-electron chi connectivity index (χ3n) is 2.79. The van der Waals surface area contributed by atoms with E-state index in [4.69, 9.17) is 11.6 Å². The molecule has 1 amide bonds. The molecule has 8 heteroatoms. The first-order valence-corrected chi connectivity index (χ1v) is 8.06. The van der Waals surface area contributed by atoms with Crippen LogP contribution in [0.5, 0.6) is 0 Å². The summed E-state index contributed by atoms with van der Waals surface area (Å²) in [6, 6.07) is 10.5. The molecule has 2 aromatic rings. The number of carbonyl (C=O) groups excluding carboxylic acids is 1. The molecule has 0 aliphatic rings. The molecule has 0 unspecified atom stereocenters. The summed E-state index contributed by atoms with van der Waals surface area (Å²) in [5.74, 6) is -1.03. The minimum Gasteiger partial charge on any atom is -0.325 e. The van der Waals surface area contributed by atoms with Gasteiger partial charge in [0, 0.05) is 15.6 Å². The zero-order valence-corrected chi connectivity index (χ0v) is 13.1. The van der Waals surface area contributed by atoms with Crippen molar-refractivity contribution in [2.24, 2.45) is 0 Å². The fourth-order valence-electron chi connectivity index (χ4n) is 1.78. The van der Waals surface area contributed by atoms with Gasteiger partial charge in [0.15, 0.2) is 0 Å². The van der Waals surface area contributed by atoms with Crippen LogP contribution < -0.4 is 5.32 Å². The number of alkyl halides is 3. The molecule has 0 aromatic heterocycles. The van der Waals surface area contributed by atoms with Gasteiger partial charge in [0.05, 0.1) is 16.4 Å². The van der Waals surface area contributed by atoms with E-state index in [0.717, 1.165) is 12.1 Å². The summed E-state index contributed by atoms with van der Waals surface area (Å²) in [5.41, 5.74) is -0.876. The SMILES string of the molecule is O=C(C[S@@](=O)c1cccc(Cl)c1)Nc1cccc(C(F)(F)F)c1. The molecule has 0 fully saturated rings. The monoisotopic (exact) mass is 361 g/mol. The molecule has 122 valence electrons. The lowest BCUT2D eigenvalue weighted by atomic mass is 10.2. The highest BCUT2D eigenvalue weighted by Gasteiger charge is 2.30. The topological polar surface area (TPSA) is 46.2 Å². The summed E-state index contributed by atoms with van der Waals surface area (Å²) < 4.78 is 49.8. The smallest absolute Gasteiger partial charge is 0.325 e. The Bertz CT molecular complexity index is 749. The van der Waals surface area contributed by atoms with Crippen molar-refractivity contribution in [2.75, 3.05) is 11.1 Å². The van der Waals surface area contributed by atoms with Crippen molar-refractivity contribution in [3.8, 4) is 0 Å². The van der Waals surface area contributed by atoms with E-state index in [2.05, 4.69) is 5.32 Å². The number of anilines is 1. The predicted molar refractivity (Wildman–Crippen MR) is 82.8 cm³/mol. The van der Waals surface area contributed by atoms with E-state index in [1.54, 1.807) is 18.2 Å². The summed E-state index contributed by atoms with van der Waals surface area (Å²) in [4.78, 5) is 12.2. The van der Waals surface area contributed by atoms with Crippen LogP contribution in [-0.4, -0.2) is 15.9 Å². The molecule has 3 nitrogen and oxygen atoms in total. The fourth-order valence-corrected chi connectivity index (χ4v) is 3.00. The van der Waals surface area contributed by atoms with Gasteiger partial charge >= 0.3 is 6.18 Å². The molecule has 0 spiro atoms. The minimum atomic E-state index is -4.50. The van der Waals surface area contributed by atoms with E-state index >= 15 is 0 Å². The van der Waals surface area contributed by atoms with Crippen LogP contribution in [0.2, 0.25) is 5.02 Å². The first kappa shape index (κ1) is 17.5. The van der Waals surface area contributed by atoms with E-state index in [1.165, 1.54) is 18.2 Å². The number of amides is 1. The Kier molecular flexibility index (Phi) is 5.43. The van der Waals surface area contributed by atoms with Crippen molar-refractivity contribution in [3.05, 3.63) is 59.1 Å². The molecule has 0 saturated carbocycles. The van der Waals surface area contributed by atoms with Crippen molar-refractivity contribution in [2.45, 2.75) is 11.1 Å². The fraction of sp³-hybridized carbons (Fsp3) is 0.133. The van der Waals surface area contributed by atoms with E-state index in [0.29, 0.717) is 9.92 Å². The molecule has 0 saturated heterocycles.